The Morgan fingerprint density at radius 3 is 2.45 bits per heavy atom. The van der Waals surface area contributed by atoms with E-state index in [2.05, 4.69) is 31.2 Å². The van der Waals surface area contributed by atoms with Crippen LogP contribution in [0.2, 0.25) is 0 Å². The van der Waals surface area contributed by atoms with Gasteiger partial charge in [0.25, 0.3) is 0 Å². The molecule has 1 saturated carbocycles. The molecular weight excluding hydrogens is 254 g/mol. The highest BCUT2D eigenvalue weighted by Gasteiger charge is 2.52. The van der Waals surface area contributed by atoms with Crippen molar-refractivity contribution in [2.75, 3.05) is 0 Å². The molecule has 1 unspecified atom stereocenters. The molecule has 0 aliphatic heterocycles. The van der Waals surface area contributed by atoms with Crippen LogP contribution in [0.3, 0.4) is 0 Å². The number of nitrogens with two attached hydrogens (primary N) is 1. The van der Waals surface area contributed by atoms with Gasteiger partial charge in [-0.25, -0.2) is 0 Å². The number of hydrogen-bond donors (Lipinski definition) is 3. The molecule has 5 heteroatoms. The summed E-state index contributed by atoms with van der Waals surface area (Å²) >= 11 is 0. The van der Waals surface area contributed by atoms with Crippen LogP contribution in [0.25, 0.3) is 0 Å². The summed E-state index contributed by atoms with van der Waals surface area (Å²) in [6.45, 7) is 8.49. The van der Waals surface area contributed by atoms with Crippen molar-refractivity contribution in [1.29, 1.82) is 0 Å². The van der Waals surface area contributed by atoms with Crippen LogP contribution in [0, 0.1) is 17.3 Å². The molecule has 0 aromatic rings. The number of rotatable bonds is 7. The van der Waals surface area contributed by atoms with Gasteiger partial charge >= 0.3 is 0 Å². The second-order valence-corrected chi connectivity index (χ2v) is 6.78. The van der Waals surface area contributed by atoms with Crippen molar-refractivity contribution in [3.05, 3.63) is 0 Å². The third-order valence-corrected chi connectivity index (χ3v) is 4.22. The number of amidine groups is 1. The summed E-state index contributed by atoms with van der Waals surface area (Å²) in [5, 5.41) is 15.0. The van der Waals surface area contributed by atoms with E-state index in [0.29, 0.717) is 24.7 Å². The van der Waals surface area contributed by atoms with E-state index in [1.165, 1.54) is 6.42 Å². The second kappa shape index (κ2) is 6.95. The fourth-order valence-electron chi connectivity index (χ4n) is 3.00. The van der Waals surface area contributed by atoms with Crippen LogP contribution in [0.15, 0.2) is 5.16 Å². The van der Waals surface area contributed by atoms with Gasteiger partial charge in [0.2, 0.25) is 5.91 Å². The maximum atomic E-state index is 12.4. The van der Waals surface area contributed by atoms with Gasteiger partial charge in [-0.05, 0) is 38.0 Å². The minimum absolute atomic E-state index is 0.0440. The molecule has 0 aromatic heterocycles. The molecule has 5 nitrogen and oxygen atoms in total. The van der Waals surface area contributed by atoms with Gasteiger partial charge < -0.3 is 16.3 Å². The standard InChI is InChI=1S/C15H29N3O2/c1-10(2)6-5-7-12(4)17-14(19)15(13(16)18-20)8-11(3)9-15/h10-12,20H,5-9H2,1-4H3,(H2,16,18)(H,17,19). The molecule has 1 aliphatic rings. The Bertz CT molecular complexity index is 360. The SMILES string of the molecule is CC(C)CCCC(C)NC(=O)C1(C(N)=NO)CC(C)C1. The maximum absolute atomic E-state index is 12.4. The van der Waals surface area contributed by atoms with Crippen LogP contribution < -0.4 is 11.1 Å². The van der Waals surface area contributed by atoms with Gasteiger partial charge in [-0.2, -0.15) is 0 Å². The van der Waals surface area contributed by atoms with Crippen molar-refractivity contribution < 1.29 is 10.0 Å². The Morgan fingerprint density at radius 2 is 2.00 bits per heavy atom. The van der Waals surface area contributed by atoms with Crippen LogP contribution in [-0.2, 0) is 4.79 Å². The number of carbonyl (C=O) groups excluding carboxylic acids is 1. The number of nitrogens with zero attached hydrogens (tertiary/aromatic N) is 1. The van der Waals surface area contributed by atoms with Gasteiger partial charge in [-0.15, -0.1) is 0 Å². The monoisotopic (exact) mass is 283 g/mol. The molecule has 0 bridgehead atoms. The molecule has 1 aliphatic carbocycles. The van der Waals surface area contributed by atoms with Crippen molar-refractivity contribution in [3.63, 3.8) is 0 Å². The molecule has 20 heavy (non-hydrogen) atoms. The molecule has 4 N–H and O–H groups in total. The lowest BCUT2D eigenvalue weighted by molar-refractivity contribution is -0.133. The largest absolute Gasteiger partial charge is 0.409 e. The number of hydrogen-bond acceptors (Lipinski definition) is 3. The highest BCUT2D eigenvalue weighted by molar-refractivity contribution is 6.07. The molecule has 0 aromatic carbocycles. The molecule has 1 rings (SSSR count). The van der Waals surface area contributed by atoms with Crippen LogP contribution in [0.4, 0.5) is 0 Å². The topological polar surface area (TPSA) is 87.7 Å². The third-order valence-electron chi connectivity index (χ3n) is 4.22. The Labute approximate surface area is 122 Å². The molecule has 0 saturated heterocycles. The lowest BCUT2D eigenvalue weighted by Crippen LogP contribution is -2.58. The van der Waals surface area contributed by atoms with Crippen molar-refractivity contribution >= 4 is 11.7 Å². The summed E-state index contributed by atoms with van der Waals surface area (Å²) in [6, 6.07) is 0.125. The second-order valence-electron chi connectivity index (χ2n) is 6.78. The highest BCUT2D eigenvalue weighted by atomic mass is 16.4. The van der Waals surface area contributed by atoms with Gasteiger partial charge in [-0.3, -0.25) is 4.79 Å². The van der Waals surface area contributed by atoms with Gasteiger partial charge in [0.1, 0.15) is 5.41 Å². The zero-order valence-electron chi connectivity index (χ0n) is 13.1. The summed E-state index contributed by atoms with van der Waals surface area (Å²) in [7, 11) is 0. The predicted molar refractivity (Wildman–Crippen MR) is 80.5 cm³/mol. The van der Waals surface area contributed by atoms with E-state index in [4.69, 9.17) is 10.9 Å². The maximum Gasteiger partial charge on any atom is 0.234 e. The fourth-order valence-corrected chi connectivity index (χ4v) is 3.00. The number of oxime groups is 1. The third kappa shape index (κ3) is 3.87. The average Bonchev–Trinajstić information content (AvgIpc) is 2.32. The molecule has 1 atom stereocenters. The van der Waals surface area contributed by atoms with Crippen molar-refractivity contribution in [2.24, 2.45) is 28.1 Å². The molecule has 116 valence electrons. The minimum atomic E-state index is -0.791. The molecule has 1 amide bonds. The number of carbonyl (C=O) groups is 1. The van der Waals surface area contributed by atoms with Gasteiger partial charge in [0, 0.05) is 6.04 Å². The van der Waals surface area contributed by atoms with Gasteiger partial charge in [0.15, 0.2) is 5.84 Å². The minimum Gasteiger partial charge on any atom is -0.409 e. The summed E-state index contributed by atoms with van der Waals surface area (Å²) in [5.41, 5.74) is 4.94. The van der Waals surface area contributed by atoms with Crippen LogP contribution in [0.5, 0.6) is 0 Å². The van der Waals surface area contributed by atoms with Crippen molar-refractivity contribution in [3.8, 4) is 0 Å². The van der Waals surface area contributed by atoms with E-state index >= 15 is 0 Å². The number of nitrogens with one attached hydrogen (secondary N) is 1. The lowest BCUT2D eigenvalue weighted by atomic mass is 9.61. The average molecular weight is 283 g/mol. The molecule has 1 fully saturated rings. The molecule has 0 radical (unpaired) electrons. The number of amides is 1. The van der Waals surface area contributed by atoms with E-state index in [9.17, 15) is 4.79 Å². The molecule has 0 spiro atoms. The summed E-state index contributed by atoms with van der Waals surface area (Å²) in [5.74, 6) is 1.08. The summed E-state index contributed by atoms with van der Waals surface area (Å²) in [4.78, 5) is 12.4. The van der Waals surface area contributed by atoms with Crippen LogP contribution in [0.1, 0.15) is 59.8 Å². The first-order valence-electron chi connectivity index (χ1n) is 7.60. The Balaban J connectivity index is 2.51. The first kappa shape index (κ1) is 16.8. The zero-order valence-corrected chi connectivity index (χ0v) is 13.1. The lowest BCUT2D eigenvalue weighted by Gasteiger charge is -2.44. The Kier molecular flexibility index (Phi) is 5.84. The Hall–Kier alpha value is -1.26. The zero-order chi connectivity index (χ0) is 15.3. The van der Waals surface area contributed by atoms with E-state index < -0.39 is 5.41 Å². The van der Waals surface area contributed by atoms with E-state index in [-0.39, 0.29) is 17.8 Å². The van der Waals surface area contributed by atoms with E-state index in [1.807, 2.05) is 6.92 Å². The van der Waals surface area contributed by atoms with Crippen molar-refractivity contribution in [1.82, 2.24) is 5.32 Å². The van der Waals surface area contributed by atoms with Gasteiger partial charge in [0.05, 0.1) is 0 Å². The van der Waals surface area contributed by atoms with E-state index in [0.717, 1.165) is 12.8 Å². The first-order chi connectivity index (χ1) is 9.31. The first-order valence-corrected chi connectivity index (χ1v) is 7.60. The Morgan fingerprint density at radius 1 is 1.40 bits per heavy atom. The normalized spacial score (nSPS) is 28.1. The van der Waals surface area contributed by atoms with Crippen LogP contribution in [-0.4, -0.2) is 23.0 Å². The highest BCUT2D eigenvalue weighted by Crippen LogP contribution is 2.46. The van der Waals surface area contributed by atoms with Crippen molar-refractivity contribution in [2.45, 2.75) is 65.8 Å². The summed E-state index contributed by atoms with van der Waals surface area (Å²) < 4.78 is 0. The molecule has 0 heterocycles. The quantitative estimate of drug-likeness (QED) is 0.290. The summed E-state index contributed by atoms with van der Waals surface area (Å²) in [6.07, 6.45) is 4.56. The van der Waals surface area contributed by atoms with Gasteiger partial charge in [-0.1, -0.05) is 38.8 Å². The molecular formula is C15H29N3O2. The fraction of sp³-hybridized carbons (Fsp3) is 0.867. The van der Waals surface area contributed by atoms with E-state index in [1.54, 1.807) is 0 Å². The van der Waals surface area contributed by atoms with Crippen LogP contribution >= 0.6 is 0 Å². The smallest absolute Gasteiger partial charge is 0.234 e. The predicted octanol–water partition coefficient (Wildman–Crippen LogP) is 2.48.